The highest BCUT2D eigenvalue weighted by atomic mass is 16.5. The normalized spacial score (nSPS) is 10.3. The SMILES string of the molecule is COC(=O)c1c(OC)cc(Cc2c(N)nc(N)[nH]c2=O)cc1OC. The predicted octanol–water partition coefficient (Wildman–Crippen LogP) is 0.329. The molecular weight excluding hydrogens is 316 g/mol. The van der Waals surface area contributed by atoms with Crippen molar-refractivity contribution in [3.05, 3.63) is 39.2 Å². The Labute approximate surface area is 137 Å². The smallest absolute Gasteiger partial charge is 0.345 e. The van der Waals surface area contributed by atoms with E-state index in [-0.39, 0.29) is 40.8 Å². The standard InChI is InChI=1S/C15H18N4O5/c1-22-9-5-7(6-10(23-2)11(9)14(21)24-3)4-8-12(16)18-15(17)19-13(8)20/h5-6H,4H2,1-3H3,(H5,16,17,18,19,20). The third-order valence-electron chi connectivity index (χ3n) is 3.40. The summed E-state index contributed by atoms with van der Waals surface area (Å²) in [6, 6.07) is 3.20. The van der Waals surface area contributed by atoms with Gasteiger partial charge < -0.3 is 25.7 Å². The number of aromatic amines is 1. The number of hydrogen-bond donors (Lipinski definition) is 3. The molecular formula is C15H18N4O5. The van der Waals surface area contributed by atoms with Crippen LogP contribution in [0.25, 0.3) is 0 Å². The number of ether oxygens (including phenoxy) is 3. The summed E-state index contributed by atoms with van der Waals surface area (Å²) in [5.74, 6) is -0.102. The van der Waals surface area contributed by atoms with E-state index in [0.29, 0.717) is 5.56 Å². The molecule has 0 amide bonds. The first-order chi connectivity index (χ1) is 11.4. The van der Waals surface area contributed by atoms with Crippen LogP contribution in [0.1, 0.15) is 21.5 Å². The minimum Gasteiger partial charge on any atom is -0.496 e. The average Bonchev–Trinajstić information content (AvgIpc) is 2.56. The largest absolute Gasteiger partial charge is 0.496 e. The van der Waals surface area contributed by atoms with E-state index in [9.17, 15) is 9.59 Å². The van der Waals surface area contributed by atoms with Crippen LogP contribution in [0, 0.1) is 0 Å². The fourth-order valence-electron chi connectivity index (χ4n) is 2.28. The van der Waals surface area contributed by atoms with E-state index >= 15 is 0 Å². The Bertz CT molecular complexity index is 806. The molecule has 2 aromatic rings. The molecule has 24 heavy (non-hydrogen) atoms. The maximum atomic E-state index is 12.0. The van der Waals surface area contributed by atoms with Gasteiger partial charge in [-0.25, -0.2) is 4.79 Å². The molecule has 1 aromatic heterocycles. The minimum absolute atomic E-state index is 0.0335. The molecule has 0 radical (unpaired) electrons. The van der Waals surface area contributed by atoms with Gasteiger partial charge in [0.05, 0.1) is 26.9 Å². The summed E-state index contributed by atoms with van der Waals surface area (Å²) in [4.78, 5) is 30.1. The minimum atomic E-state index is -0.596. The van der Waals surface area contributed by atoms with Gasteiger partial charge in [0.15, 0.2) is 0 Å². The molecule has 2 rings (SSSR count). The second-order valence-electron chi connectivity index (χ2n) is 4.86. The Balaban J connectivity index is 2.53. The lowest BCUT2D eigenvalue weighted by atomic mass is 10.0. The Kier molecular flexibility index (Phi) is 4.93. The number of hydrogen-bond acceptors (Lipinski definition) is 8. The second kappa shape index (κ2) is 6.90. The molecule has 0 saturated carbocycles. The summed E-state index contributed by atoms with van der Waals surface area (Å²) in [7, 11) is 4.09. The van der Waals surface area contributed by atoms with Crippen molar-refractivity contribution in [1.29, 1.82) is 0 Å². The number of benzene rings is 1. The van der Waals surface area contributed by atoms with Crippen LogP contribution < -0.4 is 26.5 Å². The van der Waals surface area contributed by atoms with Gasteiger partial charge in [-0.2, -0.15) is 4.98 Å². The fraction of sp³-hybridized carbons (Fsp3) is 0.267. The van der Waals surface area contributed by atoms with Gasteiger partial charge >= 0.3 is 5.97 Å². The number of aromatic nitrogens is 2. The van der Waals surface area contributed by atoms with E-state index in [0.717, 1.165) is 0 Å². The lowest BCUT2D eigenvalue weighted by Gasteiger charge is -2.14. The molecule has 9 heteroatoms. The maximum Gasteiger partial charge on any atom is 0.345 e. The highest BCUT2D eigenvalue weighted by molar-refractivity contribution is 5.95. The van der Waals surface area contributed by atoms with Gasteiger partial charge in [-0.15, -0.1) is 0 Å². The van der Waals surface area contributed by atoms with E-state index in [2.05, 4.69) is 9.97 Å². The summed E-state index contributed by atoms with van der Waals surface area (Å²) in [5, 5.41) is 0. The quantitative estimate of drug-likeness (QED) is 0.664. The zero-order valence-corrected chi connectivity index (χ0v) is 13.5. The highest BCUT2D eigenvalue weighted by Crippen LogP contribution is 2.32. The van der Waals surface area contributed by atoms with E-state index in [1.807, 2.05) is 0 Å². The van der Waals surface area contributed by atoms with Gasteiger partial charge in [-0.05, 0) is 17.7 Å². The monoisotopic (exact) mass is 334 g/mol. The van der Waals surface area contributed by atoms with Crippen molar-refractivity contribution < 1.29 is 19.0 Å². The van der Waals surface area contributed by atoms with Crippen molar-refractivity contribution in [2.75, 3.05) is 32.8 Å². The van der Waals surface area contributed by atoms with Crippen LogP contribution in [0.3, 0.4) is 0 Å². The van der Waals surface area contributed by atoms with Crippen LogP contribution in [0.2, 0.25) is 0 Å². The highest BCUT2D eigenvalue weighted by Gasteiger charge is 2.21. The summed E-state index contributed by atoms with van der Waals surface area (Å²) in [5.41, 5.74) is 11.8. The van der Waals surface area contributed by atoms with Gasteiger partial charge in [-0.1, -0.05) is 0 Å². The number of carbonyl (C=O) groups is 1. The summed E-state index contributed by atoms with van der Waals surface area (Å²) >= 11 is 0. The van der Waals surface area contributed by atoms with Crippen molar-refractivity contribution in [3.8, 4) is 11.5 Å². The Morgan fingerprint density at radius 3 is 2.21 bits per heavy atom. The van der Waals surface area contributed by atoms with Gasteiger partial charge in [0.2, 0.25) is 5.95 Å². The first-order valence-electron chi connectivity index (χ1n) is 6.88. The lowest BCUT2D eigenvalue weighted by Crippen LogP contribution is -2.19. The maximum absolute atomic E-state index is 12.0. The number of nitrogens with two attached hydrogens (primary N) is 2. The number of methoxy groups -OCH3 is 3. The molecule has 0 atom stereocenters. The number of anilines is 2. The molecule has 5 N–H and O–H groups in total. The zero-order chi connectivity index (χ0) is 17.9. The van der Waals surface area contributed by atoms with E-state index in [4.69, 9.17) is 25.7 Å². The molecule has 0 aliphatic rings. The molecule has 1 heterocycles. The van der Waals surface area contributed by atoms with Crippen molar-refractivity contribution in [2.24, 2.45) is 0 Å². The zero-order valence-electron chi connectivity index (χ0n) is 13.5. The molecule has 128 valence electrons. The van der Waals surface area contributed by atoms with E-state index < -0.39 is 11.5 Å². The summed E-state index contributed by atoms with van der Waals surface area (Å²) in [6.07, 6.45) is 0.155. The number of nitrogen functional groups attached to an aromatic ring is 2. The topological polar surface area (TPSA) is 143 Å². The molecule has 0 bridgehead atoms. The number of carbonyl (C=O) groups excluding carboxylic acids is 1. The molecule has 0 aliphatic carbocycles. The molecule has 0 aliphatic heterocycles. The third-order valence-corrected chi connectivity index (χ3v) is 3.40. The molecule has 9 nitrogen and oxygen atoms in total. The van der Waals surface area contributed by atoms with Gasteiger partial charge in [-0.3, -0.25) is 9.78 Å². The predicted molar refractivity (Wildman–Crippen MR) is 87.4 cm³/mol. The van der Waals surface area contributed by atoms with Crippen LogP contribution in [-0.4, -0.2) is 37.3 Å². The molecule has 0 fully saturated rings. The van der Waals surface area contributed by atoms with Crippen LogP contribution >= 0.6 is 0 Å². The van der Waals surface area contributed by atoms with Gasteiger partial charge in [0.25, 0.3) is 5.56 Å². The lowest BCUT2D eigenvalue weighted by molar-refractivity contribution is 0.0593. The van der Waals surface area contributed by atoms with Gasteiger partial charge in [0, 0.05) is 6.42 Å². The van der Waals surface area contributed by atoms with Gasteiger partial charge in [0.1, 0.15) is 22.9 Å². The fourth-order valence-corrected chi connectivity index (χ4v) is 2.28. The third kappa shape index (κ3) is 3.24. The summed E-state index contributed by atoms with van der Waals surface area (Å²) < 4.78 is 15.2. The number of esters is 1. The average molecular weight is 334 g/mol. The van der Waals surface area contributed by atoms with Crippen molar-refractivity contribution in [2.45, 2.75) is 6.42 Å². The van der Waals surface area contributed by atoms with E-state index in [1.54, 1.807) is 12.1 Å². The number of nitrogens with one attached hydrogen (secondary N) is 1. The first-order valence-corrected chi connectivity index (χ1v) is 6.88. The second-order valence-corrected chi connectivity index (χ2v) is 4.86. The van der Waals surface area contributed by atoms with Crippen LogP contribution in [0.4, 0.5) is 11.8 Å². The number of rotatable bonds is 5. The van der Waals surface area contributed by atoms with Crippen LogP contribution in [-0.2, 0) is 11.2 Å². The van der Waals surface area contributed by atoms with Crippen molar-refractivity contribution in [1.82, 2.24) is 9.97 Å². The molecule has 0 spiro atoms. The molecule has 0 saturated heterocycles. The van der Waals surface area contributed by atoms with Crippen molar-refractivity contribution >= 4 is 17.7 Å². The Morgan fingerprint density at radius 1 is 1.17 bits per heavy atom. The Hall–Kier alpha value is -3.23. The number of H-pyrrole nitrogens is 1. The number of nitrogens with zero attached hydrogens (tertiary/aromatic N) is 1. The van der Waals surface area contributed by atoms with Crippen molar-refractivity contribution in [3.63, 3.8) is 0 Å². The Morgan fingerprint density at radius 2 is 1.75 bits per heavy atom. The first kappa shape index (κ1) is 17.1. The molecule has 1 aromatic carbocycles. The van der Waals surface area contributed by atoms with Crippen LogP contribution in [0.15, 0.2) is 16.9 Å². The summed E-state index contributed by atoms with van der Waals surface area (Å²) in [6.45, 7) is 0. The van der Waals surface area contributed by atoms with E-state index in [1.165, 1.54) is 21.3 Å². The molecule has 0 unspecified atom stereocenters. The van der Waals surface area contributed by atoms with Crippen LogP contribution in [0.5, 0.6) is 11.5 Å².